The van der Waals surface area contributed by atoms with E-state index in [4.69, 9.17) is 14.2 Å². The van der Waals surface area contributed by atoms with Crippen LogP contribution in [0.5, 0.6) is 17.2 Å². The van der Waals surface area contributed by atoms with Gasteiger partial charge in [-0.3, -0.25) is 10.1 Å². The van der Waals surface area contributed by atoms with E-state index >= 15 is 0 Å². The minimum Gasteiger partial charge on any atom is -0.493 e. The molecule has 0 aliphatic carbocycles. The number of anilines is 1. The van der Waals surface area contributed by atoms with E-state index in [1.807, 2.05) is 30.3 Å². The Morgan fingerprint density at radius 3 is 2.37 bits per heavy atom. The summed E-state index contributed by atoms with van der Waals surface area (Å²) in [6, 6.07) is 13.2. The lowest BCUT2D eigenvalue weighted by Crippen LogP contribution is -2.20. The first kappa shape index (κ1) is 21.6. The Morgan fingerprint density at radius 2 is 1.73 bits per heavy atom. The fourth-order valence-electron chi connectivity index (χ4n) is 2.72. The zero-order chi connectivity index (χ0) is 21.7. The van der Waals surface area contributed by atoms with E-state index in [9.17, 15) is 4.79 Å². The zero-order valence-corrected chi connectivity index (χ0v) is 18.5. The highest BCUT2D eigenvalue weighted by molar-refractivity contribution is 7.10. The molecule has 0 saturated heterocycles. The molecular formula is C22H25N3O4S. The van der Waals surface area contributed by atoms with Gasteiger partial charge in [-0.05, 0) is 41.3 Å². The normalized spacial score (nSPS) is 11.1. The van der Waals surface area contributed by atoms with Crippen LogP contribution in [0.15, 0.2) is 42.5 Å². The van der Waals surface area contributed by atoms with Crippen LogP contribution in [0.2, 0.25) is 0 Å². The minimum absolute atomic E-state index is 0.0688. The van der Waals surface area contributed by atoms with Gasteiger partial charge in [0.15, 0.2) is 23.9 Å². The van der Waals surface area contributed by atoms with Gasteiger partial charge < -0.3 is 14.2 Å². The third-order valence-corrected chi connectivity index (χ3v) is 5.03. The SMILES string of the molecule is COc1ccc(-c2nsc(NC(=O)COc3ccc(C(C)(C)C)cc3)n2)cc1OC. The molecule has 3 rings (SSSR count). The number of carbonyl (C=O) groups is 1. The van der Waals surface area contributed by atoms with Crippen molar-refractivity contribution in [3.8, 4) is 28.6 Å². The van der Waals surface area contributed by atoms with Gasteiger partial charge in [-0.1, -0.05) is 32.9 Å². The molecule has 0 fully saturated rings. The van der Waals surface area contributed by atoms with Crippen molar-refractivity contribution in [2.45, 2.75) is 26.2 Å². The number of benzene rings is 2. The second kappa shape index (κ2) is 9.13. The summed E-state index contributed by atoms with van der Waals surface area (Å²) < 4.78 is 20.4. The Morgan fingerprint density at radius 1 is 1.03 bits per heavy atom. The lowest BCUT2D eigenvalue weighted by molar-refractivity contribution is -0.118. The lowest BCUT2D eigenvalue weighted by atomic mass is 9.87. The summed E-state index contributed by atoms with van der Waals surface area (Å²) in [5.41, 5.74) is 2.04. The largest absolute Gasteiger partial charge is 0.493 e. The Kier molecular flexibility index (Phi) is 6.56. The molecule has 1 amide bonds. The van der Waals surface area contributed by atoms with E-state index in [1.165, 1.54) is 5.56 Å². The van der Waals surface area contributed by atoms with Gasteiger partial charge in [-0.2, -0.15) is 9.36 Å². The van der Waals surface area contributed by atoms with Crippen LogP contribution in [0, 0.1) is 0 Å². The molecular weight excluding hydrogens is 402 g/mol. The summed E-state index contributed by atoms with van der Waals surface area (Å²) in [6.45, 7) is 6.33. The number of aromatic nitrogens is 2. The molecule has 30 heavy (non-hydrogen) atoms. The van der Waals surface area contributed by atoms with E-state index in [0.29, 0.717) is 28.2 Å². The van der Waals surface area contributed by atoms with Crippen LogP contribution in [-0.2, 0) is 10.2 Å². The Balaban J connectivity index is 1.59. The molecule has 3 aromatic rings. The molecule has 8 heteroatoms. The van der Waals surface area contributed by atoms with Gasteiger partial charge in [0.2, 0.25) is 5.13 Å². The fraction of sp³-hybridized carbons (Fsp3) is 0.318. The number of ether oxygens (including phenoxy) is 3. The molecule has 0 aliphatic rings. The first-order chi connectivity index (χ1) is 14.3. The van der Waals surface area contributed by atoms with Gasteiger partial charge in [0.05, 0.1) is 14.2 Å². The van der Waals surface area contributed by atoms with Crippen molar-refractivity contribution in [1.29, 1.82) is 0 Å². The standard InChI is InChI=1S/C22H25N3O4S/c1-22(2,3)15-7-9-16(10-8-15)29-13-19(26)23-21-24-20(25-30-21)14-6-11-17(27-4)18(12-14)28-5/h6-12H,13H2,1-5H3,(H,23,24,25,26). The minimum atomic E-state index is -0.301. The van der Waals surface area contributed by atoms with Crippen LogP contribution in [0.1, 0.15) is 26.3 Å². The molecule has 0 atom stereocenters. The van der Waals surface area contributed by atoms with Gasteiger partial charge in [0.25, 0.3) is 5.91 Å². The van der Waals surface area contributed by atoms with Crippen molar-refractivity contribution in [2.24, 2.45) is 0 Å². The second-order valence-corrected chi connectivity index (χ2v) is 8.36. The maximum absolute atomic E-state index is 12.2. The number of hydrogen-bond acceptors (Lipinski definition) is 7. The Labute approximate surface area is 180 Å². The molecule has 0 spiro atoms. The molecule has 1 heterocycles. The highest BCUT2D eigenvalue weighted by atomic mass is 32.1. The zero-order valence-electron chi connectivity index (χ0n) is 17.7. The van der Waals surface area contributed by atoms with E-state index in [-0.39, 0.29) is 17.9 Å². The number of rotatable bonds is 7. The molecule has 0 radical (unpaired) electrons. The fourth-order valence-corrected chi connectivity index (χ4v) is 3.33. The van der Waals surface area contributed by atoms with Gasteiger partial charge in [0.1, 0.15) is 5.75 Å². The second-order valence-electron chi connectivity index (χ2n) is 7.60. The van der Waals surface area contributed by atoms with Crippen LogP contribution >= 0.6 is 11.5 Å². The third kappa shape index (κ3) is 5.27. The summed E-state index contributed by atoms with van der Waals surface area (Å²) >= 11 is 1.10. The van der Waals surface area contributed by atoms with E-state index < -0.39 is 0 Å². The summed E-state index contributed by atoms with van der Waals surface area (Å²) in [5.74, 6) is 2.04. The van der Waals surface area contributed by atoms with Crippen LogP contribution in [-0.4, -0.2) is 36.1 Å². The van der Waals surface area contributed by atoms with Gasteiger partial charge >= 0.3 is 0 Å². The van der Waals surface area contributed by atoms with Crippen molar-refractivity contribution in [2.75, 3.05) is 26.1 Å². The topological polar surface area (TPSA) is 82.6 Å². The molecule has 0 unspecified atom stereocenters. The molecule has 158 valence electrons. The van der Waals surface area contributed by atoms with Gasteiger partial charge in [-0.25, -0.2) is 0 Å². The van der Waals surface area contributed by atoms with E-state index in [1.54, 1.807) is 26.4 Å². The first-order valence-corrected chi connectivity index (χ1v) is 10.2. The average Bonchev–Trinajstić information content (AvgIpc) is 3.19. The van der Waals surface area contributed by atoms with E-state index in [2.05, 4.69) is 35.4 Å². The van der Waals surface area contributed by atoms with Gasteiger partial charge in [-0.15, -0.1) is 0 Å². The van der Waals surface area contributed by atoms with Crippen LogP contribution in [0.25, 0.3) is 11.4 Å². The smallest absolute Gasteiger partial charge is 0.264 e. The number of carbonyl (C=O) groups excluding carboxylic acids is 1. The van der Waals surface area contributed by atoms with Crippen molar-refractivity contribution in [3.63, 3.8) is 0 Å². The maximum atomic E-state index is 12.2. The predicted molar refractivity (Wildman–Crippen MR) is 118 cm³/mol. The highest BCUT2D eigenvalue weighted by Crippen LogP contribution is 2.32. The molecule has 7 nitrogen and oxygen atoms in total. The van der Waals surface area contributed by atoms with E-state index in [0.717, 1.165) is 17.1 Å². The molecule has 2 aromatic carbocycles. The van der Waals surface area contributed by atoms with Crippen molar-refractivity contribution < 1.29 is 19.0 Å². The average molecular weight is 428 g/mol. The van der Waals surface area contributed by atoms with Gasteiger partial charge in [0, 0.05) is 17.1 Å². The molecule has 1 N–H and O–H groups in total. The molecule has 0 saturated carbocycles. The maximum Gasteiger partial charge on any atom is 0.264 e. The quantitative estimate of drug-likeness (QED) is 0.596. The highest BCUT2D eigenvalue weighted by Gasteiger charge is 2.14. The molecule has 0 bridgehead atoms. The van der Waals surface area contributed by atoms with Crippen LogP contribution < -0.4 is 19.5 Å². The predicted octanol–water partition coefficient (Wildman–Crippen LogP) is 4.54. The number of nitrogens with one attached hydrogen (secondary N) is 1. The summed E-state index contributed by atoms with van der Waals surface area (Å²) in [6.07, 6.45) is 0. The Hall–Kier alpha value is -3.13. The number of nitrogens with zero attached hydrogens (tertiary/aromatic N) is 2. The first-order valence-electron chi connectivity index (χ1n) is 9.39. The summed E-state index contributed by atoms with van der Waals surface area (Å²) in [7, 11) is 3.14. The summed E-state index contributed by atoms with van der Waals surface area (Å²) in [4.78, 5) is 16.6. The van der Waals surface area contributed by atoms with Crippen molar-refractivity contribution >= 4 is 22.6 Å². The Bertz CT molecular complexity index is 1010. The molecule has 1 aromatic heterocycles. The summed E-state index contributed by atoms with van der Waals surface area (Å²) in [5, 5.41) is 3.11. The third-order valence-electron chi connectivity index (χ3n) is 4.40. The molecule has 0 aliphatic heterocycles. The van der Waals surface area contributed by atoms with Crippen LogP contribution in [0.3, 0.4) is 0 Å². The number of amides is 1. The van der Waals surface area contributed by atoms with Crippen molar-refractivity contribution in [3.05, 3.63) is 48.0 Å². The van der Waals surface area contributed by atoms with Crippen molar-refractivity contribution in [1.82, 2.24) is 9.36 Å². The number of hydrogen-bond donors (Lipinski definition) is 1. The lowest BCUT2D eigenvalue weighted by Gasteiger charge is -2.19. The van der Waals surface area contributed by atoms with Crippen LogP contribution in [0.4, 0.5) is 5.13 Å². The number of methoxy groups -OCH3 is 2. The monoisotopic (exact) mass is 427 g/mol.